The van der Waals surface area contributed by atoms with E-state index in [9.17, 15) is 4.79 Å². The lowest BCUT2D eigenvalue weighted by Gasteiger charge is -2.14. The van der Waals surface area contributed by atoms with E-state index in [-0.39, 0.29) is 11.9 Å². The summed E-state index contributed by atoms with van der Waals surface area (Å²) in [5, 5.41) is 7.17. The number of aryl methyl sites for hydroxylation is 1. The maximum Gasteiger partial charge on any atom is 0.251 e. The van der Waals surface area contributed by atoms with Crippen LogP contribution in [-0.2, 0) is 6.54 Å². The molecule has 0 radical (unpaired) electrons. The number of benzene rings is 1. The van der Waals surface area contributed by atoms with Crippen molar-refractivity contribution in [3.8, 4) is 17.0 Å². The van der Waals surface area contributed by atoms with Gasteiger partial charge in [0.05, 0.1) is 12.8 Å². The topological polar surface area (TPSA) is 95.1 Å². The molecule has 0 saturated heterocycles. The number of carbonyl (C=O) groups is 1. The summed E-state index contributed by atoms with van der Waals surface area (Å²) in [6.45, 7) is 2.74. The molecule has 0 aliphatic carbocycles. The predicted octanol–water partition coefficient (Wildman–Crippen LogP) is 2.74. The normalized spacial score (nSPS) is 11.8. The maximum atomic E-state index is 12.4. The molecule has 7 nitrogen and oxygen atoms in total. The number of hydrogen-bond donors (Lipinski definition) is 2. The minimum Gasteiger partial charge on any atom is -0.492 e. The fourth-order valence-electron chi connectivity index (χ4n) is 2.80. The number of hydrogen-bond acceptors (Lipinski definition) is 5. The van der Waals surface area contributed by atoms with E-state index in [1.807, 2.05) is 36.0 Å². The molecule has 0 bridgehead atoms. The molecule has 2 aromatic heterocycles. The highest BCUT2D eigenvalue weighted by Gasteiger charge is 2.13. The third-order valence-corrected chi connectivity index (χ3v) is 4.29. The predicted molar refractivity (Wildman–Crippen MR) is 104 cm³/mol. The third kappa shape index (κ3) is 4.44. The number of nitrogens with zero attached hydrogens (tertiary/aromatic N) is 3. The Morgan fingerprint density at radius 2 is 2.04 bits per heavy atom. The molecule has 3 rings (SSSR count). The summed E-state index contributed by atoms with van der Waals surface area (Å²) >= 11 is 0. The lowest BCUT2D eigenvalue weighted by Crippen LogP contribution is -2.33. The molecule has 0 spiro atoms. The number of pyridine rings is 1. The molecular formula is C20H23N5O2. The summed E-state index contributed by atoms with van der Waals surface area (Å²) in [7, 11) is 1.56. The van der Waals surface area contributed by atoms with Crippen LogP contribution in [0.3, 0.4) is 0 Å². The maximum absolute atomic E-state index is 12.4. The highest BCUT2D eigenvalue weighted by atomic mass is 16.5. The van der Waals surface area contributed by atoms with Crippen LogP contribution in [0.15, 0.2) is 55.0 Å². The Hall–Kier alpha value is -3.35. The Labute approximate surface area is 158 Å². The highest BCUT2D eigenvalue weighted by Crippen LogP contribution is 2.32. The van der Waals surface area contributed by atoms with Crippen molar-refractivity contribution in [2.75, 3.05) is 12.8 Å². The number of anilines is 1. The summed E-state index contributed by atoms with van der Waals surface area (Å²) < 4.78 is 7.20. The van der Waals surface area contributed by atoms with Crippen LogP contribution in [0.2, 0.25) is 0 Å². The molecular weight excluding hydrogens is 342 g/mol. The van der Waals surface area contributed by atoms with Crippen molar-refractivity contribution in [1.29, 1.82) is 0 Å². The number of nitrogen functional groups attached to an aromatic ring is 1. The fourth-order valence-corrected chi connectivity index (χ4v) is 2.80. The molecule has 3 N–H and O–H groups in total. The first-order valence-electron chi connectivity index (χ1n) is 8.75. The number of nitrogens with one attached hydrogen (secondary N) is 1. The van der Waals surface area contributed by atoms with E-state index >= 15 is 0 Å². The summed E-state index contributed by atoms with van der Waals surface area (Å²) in [6.07, 6.45) is 6.09. The van der Waals surface area contributed by atoms with Crippen molar-refractivity contribution in [2.24, 2.45) is 0 Å². The number of rotatable bonds is 7. The minimum atomic E-state index is -0.109. The molecule has 1 aromatic carbocycles. The van der Waals surface area contributed by atoms with Gasteiger partial charge in [-0.2, -0.15) is 5.10 Å². The Kier molecular flexibility index (Phi) is 5.71. The Balaban J connectivity index is 1.64. The fraction of sp³-hybridized carbons (Fsp3) is 0.250. The van der Waals surface area contributed by atoms with Crippen LogP contribution in [-0.4, -0.2) is 33.8 Å². The zero-order chi connectivity index (χ0) is 19.2. The minimum absolute atomic E-state index is 0.0389. The van der Waals surface area contributed by atoms with Crippen LogP contribution < -0.4 is 15.8 Å². The van der Waals surface area contributed by atoms with Gasteiger partial charge in [0.25, 0.3) is 5.91 Å². The van der Waals surface area contributed by atoms with E-state index < -0.39 is 0 Å². The molecule has 0 aliphatic rings. The quantitative estimate of drug-likeness (QED) is 0.671. The lowest BCUT2D eigenvalue weighted by atomic mass is 10.1. The molecule has 0 saturated carbocycles. The average molecular weight is 365 g/mol. The molecule has 7 heteroatoms. The van der Waals surface area contributed by atoms with Crippen molar-refractivity contribution in [3.63, 3.8) is 0 Å². The summed E-state index contributed by atoms with van der Waals surface area (Å²) in [6, 6.07) is 10.8. The second-order valence-electron chi connectivity index (χ2n) is 6.29. The van der Waals surface area contributed by atoms with E-state index in [2.05, 4.69) is 15.4 Å². The van der Waals surface area contributed by atoms with E-state index in [1.54, 1.807) is 37.7 Å². The smallest absolute Gasteiger partial charge is 0.251 e. The first-order valence-corrected chi connectivity index (χ1v) is 8.75. The molecule has 140 valence electrons. The van der Waals surface area contributed by atoms with Gasteiger partial charge >= 0.3 is 0 Å². The van der Waals surface area contributed by atoms with Crippen LogP contribution in [0, 0.1) is 0 Å². The van der Waals surface area contributed by atoms with Crippen molar-refractivity contribution in [3.05, 3.63) is 60.6 Å². The van der Waals surface area contributed by atoms with Crippen LogP contribution in [0.4, 0.5) is 5.69 Å². The van der Waals surface area contributed by atoms with Gasteiger partial charge in [-0.1, -0.05) is 12.1 Å². The van der Waals surface area contributed by atoms with Crippen LogP contribution >= 0.6 is 0 Å². The van der Waals surface area contributed by atoms with E-state index in [0.717, 1.165) is 18.5 Å². The number of nitrogens with two attached hydrogens (primary N) is 1. The Morgan fingerprint density at radius 1 is 1.26 bits per heavy atom. The molecule has 1 amide bonds. The Bertz CT molecular complexity index is 891. The Morgan fingerprint density at radius 3 is 2.70 bits per heavy atom. The highest BCUT2D eigenvalue weighted by molar-refractivity contribution is 5.95. The molecule has 27 heavy (non-hydrogen) atoms. The number of methoxy groups -OCH3 is 1. The van der Waals surface area contributed by atoms with E-state index in [1.165, 1.54) is 0 Å². The van der Waals surface area contributed by atoms with Gasteiger partial charge in [-0.25, -0.2) is 0 Å². The van der Waals surface area contributed by atoms with Gasteiger partial charge in [-0.3, -0.25) is 14.5 Å². The van der Waals surface area contributed by atoms with Crippen molar-refractivity contribution >= 4 is 11.6 Å². The van der Waals surface area contributed by atoms with Gasteiger partial charge in [-0.05, 0) is 37.6 Å². The summed E-state index contributed by atoms with van der Waals surface area (Å²) in [5.41, 5.74) is 8.53. The molecule has 3 aromatic rings. The van der Waals surface area contributed by atoms with Gasteiger partial charge in [0.1, 0.15) is 5.69 Å². The van der Waals surface area contributed by atoms with Crippen LogP contribution in [0.1, 0.15) is 23.7 Å². The number of amides is 1. The second kappa shape index (κ2) is 8.35. The standard InChI is InChI=1S/C20H23N5O2/c1-14(9-13-25-12-3-10-23-25)24-20(26)16-6-4-15(5-7-16)18-19(27-2)17(21)8-11-22-18/h3-8,10-12,14H,9,13H2,1-2H3,(H2,21,22)(H,24,26)/t14-/m0/s1. The molecule has 1 atom stereocenters. The van der Waals surface area contributed by atoms with Gasteiger partial charge in [-0.15, -0.1) is 0 Å². The lowest BCUT2D eigenvalue weighted by molar-refractivity contribution is 0.0937. The third-order valence-electron chi connectivity index (χ3n) is 4.29. The first-order chi connectivity index (χ1) is 13.1. The summed E-state index contributed by atoms with van der Waals surface area (Å²) in [4.78, 5) is 16.8. The molecule has 0 aliphatic heterocycles. The molecule has 0 unspecified atom stereocenters. The monoisotopic (exact) mass is 365 g/mol. The first kappa shape index (κ1) is 18.4. The van der Waals surface area contributed by atoms with Crippen molar-refractivity contribution in [2.45, 2.75) is 25.9 Å². The number of carbonyl (C=O) groups excluding carboxylic acids is 1. The van der Waals surface area contributed by atoms with Gasteiger partial charge in [0.15, 0.2) is 5.75 Å². The zero-order valence-electron chi connectivity index (χ0n) is 15.4. The average Bonchev–Trinajstić information content (AvgIpc) is 3.20. The van der Waals surface area contributed by atoms with Crippen LogP contribution in [0.5, 0.6) is 5.75 Å². The van der Waals surface area contributed by atoms with E-state index in [4.69, 9.17) is 10.5 Å². The molecule has 2 heterocycles. The largest absolute Gasteiger partial charge is 0.492 e. The van der Waals surface area contributed by atoms with Gasteiger partial charge in [0.2, 0.25) is 0 Å². The summed E-state index contributed by atoms with van der Waals surface area (Å²) in [5.74, 6) is 0.420. The van der Waals surface area contributed by atoms with Gasteiger partial charge in [0, 0.05) is 42.3 Å². The van der Waals surface area contributed by atoms with Crippen molar-refractivity contribution < 1.29 is 9.53 Å². The number of ether oxygens (including phenoxy) is 1. The van der Waals surface area contributed by atoms with E-state index in [0.29, 0.717) is 22.7 Å². The van der Waals surface area contributed by atoms with Crippen molar-refractivity contribution in [1.82, 2.24) is 20.1 Å². The second-order valence-corrected chi connectivity index (χ2v) is 6.29. The van der Waals surface area contributed by atoms with Crippen LogP contribution in [0.25, 0.3) is 11.3 Å². The van der Waals surface area contributed by atoms with Gasteiger partial charge < -0.3 is 15.8 Å². The number of aromatic nitrogens is 3. The molecule has 0 fully saturated rings. The SMILES string of the molecule is COc1c(N)ccnc1-c1ccc(C(=O)N[C@@H](C)CCn2cccn2)cc1. The zero-order valence-corrected chi connectivity index (χ0v) is 15.4.